The van der Waals surface area contributed by atoms with Gasteiger partial charge in [-0.3, -0.25) is 9.59 Å². The Morgan fingerprint density at radius 3 is 2.37 bits per heavy atom. The van der Waals surface area contributed by atoms with E-state index < -0.39 is 0 Å². The van der Waals surface area contributed by atoms with Crippen LogP contribution >= 0.6 is 0 Å². The summed E-state index contributed by atoms with van der Waals surface area (Å²) in [6.07, 6.45) is 1.08. The molecule has 0 unspecified atom stereocenters. The molecule has 0 saturated carbocycles. The molecule has 0 aromatic heterocycles. The summed E-state index contributed by atoms with van der Waals surface area (Å²) >= 11 is 0. The number of carbonyl (C=O) groups excluding carboxylic acids is 2. The van der Waals surface area contributed by atoms with Gasteiger partial charge in [0.1, 0.15) is 13.2 Å². The van der Waals surface area contributed by atoms with E-state index in [1.54, 1.807) is 37.3 Å². The number of hydrogen-bond donors (Lipinski definition) is 0. The summed E-state index contributed by atoms with van der Waals surface area (Å²) < 4.78 is 21.7. The number of ketones is 1. The molecule has 0 saturated heterocycles. The number of methoxy groups -OCH3 is 2. The van der Waals surface area contributed by atoms with E-state index in [0.717, 1.165) is 17.5 Å². The zero-order chi connectivity index (χ0) is 21.1. The van der Waals surface area contributed by atoms with Crippen molar-refractivity contribution in [2.45, 2.75) is 25.8 Å². The first-order chi connectivity index (χ1) is 14.6. The molecule has 2 aromatic rings. The van der Waals surface area contributed by atoms with Crippen molar-refractivity contribution in [2.24, 2.45) is 0 Å². The van der Waals surface area contributed by atoms with E-state index in [0.29, 0.717) is 54.9 Å². The maximum atomic E-state index is 12.7. The highest BCUT2D eigenvalue weighted by Crippen LogP contribution is 2.34. The van der Waals surface area contributed by atoms with Crippen LogP contribution in [0.3, 0.4) is 0 Å². The third kappa shape index (κ3) is 4.06. The smallest absolute Gasteiger partial charge is 0.223 e. The minimum absolute atomic E-state index is 0.0265. The molecule has 0 radical (unpaired) electrons. The largest absolute Gasteiger partial charge is 0.493 e. The monoisotopic (exact) mass is 411 g/mol. The van der Waals surface area contributed by atoms with Gasteiger partial charge in [-0.15, -0.1) is 0 Å². The summed E-state index contributed by atoms with van der Waals surface area (Å²) in [6, 6.07) is 9.05. The van der Waals surface area contributed by atoms with Gasteiger partial charge in [0.2, 0.25) is 5.91 Å². The Balaban J connectivity index is 1.37. The molecule has 2 heterocycles. The fourth-order valence-corrected chi connectivity index (χ4v) is 3.84. The number of benzene rings is 2. The lowest BCUT2D eigenvalue weighted by Gasteiger charge is -2.29. The Morgan fingerprint density at radius 1 is 0.933 bits per heavy atom. The minimum Gasteiger partial charge on any atom is -0.493 e. The fourth-order valence-electron chi connectivity index (χ4n) is 3.84. The second-order valence-electron chi connectivity index (χ2n) is 7.32. The average molecular weight is 411 g/mol. The standard InChI is InChI=1S/C23H25NO6/c1-27-20-11-15-7-8-24(14-17(15)13-21(20)28-2)23(26)6-4-18(25)16-3-5-19-22(12-16)30-10-9-29-19/h3,5,11-13H,4,6-10,14H2,1-2H3. The zero-order valence-corrected chi connectivity index (χ0v) is 17.2. The highest BCUT2D eigenvalue weighted by Gasteiger charge is 2.23. The molecule has 158 valence electrons. The summed E-state index contributed by atoms with van der Waals surface area (Å²) in [5.74, 6) is 2.47. The predicted octanol–water partition coefficient (Wildman–Crippen LogP) is 3.02. The van der Waals surface area contributed by atoms with Gasteiger partial charge in [0, 0.05) is 31.5 Å². The number of fused-ring (bicyclic) bond motifs is 2. The number of rotatable bonds is 6. The molecule has 0 spiro atoms. The summed E-state index contributed by atoms with van der Waals surface area (Å²) in [6.45, 7) is 2.11. The molecule has 7 nitrogen and oxygen atoms in total. The quantitative estimate of drug-likeness (QED) is 0.681. The zero-order valence-electron chi connectivity index (χ0n) is 17.2. The van der Waals surface area contributed by atoms with Gasteiger partial charge in [0.15, 0.2) is 28.8 Å². The molecule has 4 rings (SSSR count). The van der Waals surface area contributed by atoms with Crippen LogP contribution in [-0.2, 0) is 17.8 Å². The first-order valence-corrected chi connectivity index (χ1v) is 10.0. The van der Waals surface area contributed by atoms with Crippen molar-refractivity contribution >= 4 is 11.7 Å². The Hall–Kier alpha value is -3.22. The van der Waals surface area contributed by atoms with Crippen LogP contribution in [0, 0.1) is 0 Å². The van der Waals surface area contributed by atoms with Crippen LogP contribution in [0.4, 0.5) is 0 Å². The Bertz CT molecular complexity index is 970. The van der Waals surface area contributed by atoms with E-state index in [1.165, 1.54) is 0 Å². The van der Waals surface area contributed by atoms with E-state index in [-0.39, 0.29) is 24.5 Å². The van der Waals surface area contributed by atoms with Crippen molar-refractivity contribution < 1.29 is 28.5 Å². The average Bonchev–Trinajstić information content (AvgIpc) is 2.80. The normalized spacial score (nSPS) is 14.7. The van der Waals surface area contributed by atoms with Gasteiger partial charge in [0.25, 0.3) is 0 Å². The van der Waals surface area contributed by atoms with Crippen LogP contribution in [-0.4, -0.2) is 50.6 Å². The summed E-state index contributed by atoms with van der Waals surface area (Å²) in [7, 11) is 3.21. The van der Waals surface area contributed by atoms with Crippen LogP contribution in [0.1, 0.15) is 34.3 Å². The molecule has 0 N–H and O–H groups in total. The SMILES string of the molecule is COc1cc2c(cc1OC)CN(C(=O)CCC(=O)c1ccc3c(c1)OCCO3)CC2. The second kappa shape index (κ2) is 8.65. The van der Waals surface area contributed by atoms with Crippen molar-refractivity contribution in [2.75, 3.05) is 34.0 Å². The number of ether oxygens (including phenoxy) is 4. The van der Waals surface area contributed by atoms with Crippen LogP contribution in [0.25, 0.3) is 0 Å². The van der Waals surface area contributed by atoms with Crippen molar-refractivity contribution in [1.29, 1.82) is 0 Å². The van der Waals surface area contributed by atoms with Gasteiger partial charge in [-0.05, 0) is 47.9 Å². The van der Waals surface area contributed by atoms with Gasteiger partial charge >= 0.3 is 0 Å². The minimum atomic E-state index is -0.0795. The van der Waals surface area contributed by atoms with Gasteiger partial charge in [-0.1, -0.05) is 0 Å². The molecule has 0 aliphatic carbocycles. The molecule has 2 aromatic carbocycles. The molecule has 2 aliphatic heterocycles. The highest BCUT2D eigenvalue weighted by atomic mass is 16.6. The molecular weight excluding hydrogens is 386 g/mol. The molecule has 1 amide bonds. The lowest BCUT2D eigenvalue weighted by Crippen LogP contribution is -2.36. The summed E-state index contributed by atoms with van der Waals surface area (Å²) in [5.41, 5.74) is 2.74. The van der Waals surface area contributed by atoms with Crippen molar-refractivity contribution in [3.63, 3.8) is 0 Å². The van der Waals surface area contributed by atoms with Crippen molar-refractivity contribution in [1.82, 2.24) is 4.90 Å². The number of hydrogen-bond acceptors (Lipinski definition) is 6. The van der Waals surface area contributed by atoms with Crippen molar-refractivity contribution in [3.8, 4) is 23.0 Å². The van der Waals surface area contributed by atoms with Crippen molar-refractivity contribution in [3.05, 3.63) is 47.0 Å². The van der Waals surface area contributed by atoms with Crippen LogP contribution in [0.15, 0.2) is 30.3 Å². The Labute approximate surface area is 175 Å². The van der Waals surface area contributed by atoms with Gasteiger partial charge in [-0.25, -0.2) is 0 Å². The molecule has 2 aliphatic rings. The lowest BCUT2D eigenvalue weighted by molar-refractivity contribution is -0.132. The van der Waals surface area contributed by atoms with E-state index in [2.05, 4.69) is 0 Å². The first kappa shape index (κ1) is 20.1. The Kier molecular flexibility index (Phi) is 5.79. The number of amides is 1. The van der Waals surface area contributed by atoms with Gasteiger partial charge < -0.3 is 23.8 Å². The van der Waals surface area contributed by atoms with E-state index in [9.17, 15) is 9.59 Å². The molecule has 0 bridgehead atoms. The predicted molar refractivity (Wildman–Crippen MR) is 110 cm³/mol. The second-order valence-corrected chi connectivity index (χ2v) is 7.32. The maximum Gasteiger partial charge on any atom is 0.223 e. The van der Waals surface area contributed by atoms with E-state index in [1.807, 2.05) is 12.1 Å². The van der Waals surface area contributed by atoms with Crippen LogP contribution in [0.5, 0.6) is 23.0 Å². The topological polar surface area (TPSA) is 74.3 Å². The summed E-state index contributed by atoms with van der Waals surface area (Å²) in [5, 5.41) is 0. The number of nitrogens with zero attached hydrogens (tertiary/aromatic N) is 1. The van der Waals surface area contributed by atoms with Crippen LogP contribution < -0.4 is 18.9 Å². The molecule has 0 fully saturated rings. The Morgan fingerprint density at radius 2 is 1.63 bits per heavy atom. The van der Waals surface area contributed by atoms with Gasteiger partial charge in [0.05, 0.1) is 14.2 Å². The van der Waals surface area contributed by atoms with Gasteiger partial charge in [-0.2, -0.15) is 0 Å². The molecule has 7 heteroatoms. The lowest BCUT2D eigenvalue weighted by atomic mass is 9.98. The fraction of sp³-hybridized carbons (Fsp3) is 0.391. The number of carbonyl (C=O) groups is 2. The summed E-state index contributed by atoms with van der Waals surface area (Å²) in [4.78, 5) is 27.1. The van der Waals surface area contributed by atoms with E-state index >= 15 is 0 Å². The number of Topliss-reactive ketones (excluding diaryl/α,β-unsaturated/α-hetero) is 1. The highest BCUT2D eigenvalue weighted by molar-refractivity contribution is 5.98. The molecule has 0 atom stereocenters. The third-order valence-electron chi connectivity index (χ3n) is 5.50. The maximum absolute atomic E-state index is 12.7. The first-order valence-electron chi connectivity index (χ1n) is 10.0. The molecular formula is C23H25NO6. The van der Waals surface area contributed by atoms with E-state index in [4.69, 9.17) is 18.9 Å². The molecule has 30 heavy (non-hydrogen) atoms. The van der Waals surface area contributed by atoms with Crippen LogP contribution in [0.2, 0.25) is 0 Å². The third-order valence-corrected chi connectivity index (χ3v) is 5.50.